The van der Waals surface area contributed by atoms with E-state index in [9.17, 15) is 14.9 Å². The number of fused-ring (bicyclic) bond motifs is 7. The van der Waals surface area contributed by atoms with Crippen LogP contribution in [0.5, 0.6) is 0 Å². The average molecular weight is 516 g/mol. The number of nitrogens with zero attached hydrogens (tertiary/aromatic N) is 3. The zero-order valence-corrected chi connectivity index (χ0v) is 24.0. The summed E-state index contributed by atoms with van der Waals surface area (Å²) in [5.41, 5.74) is 0.368. The quantitative estimate of drug-likeness (QED) is 0.426. The van der Waals surface area contributed by atoms with E-state index in [0.29, 0.717) is 5.89 Å². The van der Waals surface area contributed by atoms with Crippen molar-refractivity contribution in [1.82, 2.24) is 10.2 Å². The van der Waals surface area contributed by atoms with E-state index >= 15 is 0 Å². The largest absolute Gasteiger partial charge is 0.425 e. The number of carbonyl (C=O) groups is 2. The van der Waals surface area contributed by atoms with Crippen molar-refractivity contribution in [2.45, 2.75) is 98.8 Å². The SMILES string of the molecule is Cc1nnc([C@]23CCC(C)(C)C[C@H]2[C@H]2C(=O)C=C4[C@@]5(C)C=C(C#N)C(=O)[C@@H](C)[C@@H]5CC[C@@]4(C)[C@]2(C)CC3)o1. The van der Waals surface area contributed by atoms with Crippen molar-refractivity contribution in [3.05, 3.63) is 35.1 Å². The molecule has 6 heteroatoms. The Hall–Kier alpha value is -2.55. The molecule has 0 unspecified atom stereocenters. The van der Waals surface area contributed by atoms with Gasteiger partial charge in [-0.1, -0.05) is 53.2 Å². The molecule has 0 N–H and O–H groups in total. The van der Waals surface area contributed by atoms with Crippen molar-refractivity contribution in [1.29, 1.82) is 5.26 Å². The van der Waals surface area contributed by atoms with Crippen molar-refractivity contribution >= 4 is 11.6 Å². The Labute approximate surface area is 226 Å². The van der Waals surface area contributed by atoms with Crippen LogP contribution in [0.25, 0.3) is 0 Å². The Balaban J connectivity index is 1.53. The highest BCUT2D eigenvalue weighted by atomic mass is 16.4. The first-order chi connectivity index (χ1) is 17.7. The summed E-state index contributed by atoms with van der Waals surface area (Å²) in [6.45, 7) is 15.4. The van der Waals surface area contributed by atoms with Crippen molar-refractivity contribution < 1.29 is 14.0 Å². The highest BCUT2D eigenvalue weighted by molar-refractivity contribution is 6.02. The van der Waals surface area contributed by atoms with Gasteiger partial charge in [0.15, 0.2) is 11.6 Å². The van der Waals surface area contributed by atoms with E-state index in [0.717, 1.165) is 56.4 Å². The van der Waals surface area contributed by atoms with Crippen LogP contribution < -0.4 is 0 Å². The number of nitriles is 1. The summed E-state index contributed by atoms with van der Waals surface area (Å²) in [5, 5.41) is 18.6. The second kappa shape index (κ2) is 7.77. The minimum atomic E-state index is -0.473. The topological polar surface area (TPSA) is 96.9 Å². The van der Waals surface area contributed by atoms with E-state index in [4.69, 9.17) is 4.42 Å². The first kappa shape index (κ1) is 25.7. The van der Waals surface area contributed by atoms with Crippen LogP contribution in [0.2, 0.25) is 0 Å². The van der Waals surface area contributed by atoms with Crippen LogP contribution in [0.3, 0.4) is 0 Å². The summed E-state index contributed by atoms with van der Waals surface area (Å²) in [6.07, 6.45) is 10.6. The summed E-state index contributed by atoms with van der Waals surface area (Å²) >= 11 is 0. The Morgan fingerprint density at radius 2 is 1.71 bits per heavy atom. The summed E-state index contributed by atoms with van der Waals surface area (Å²) in [7, 11) is 0. The van der Waals surface area contributed by atoms with Gasteiger partial charge in [-0.2, -0.15) is 5.26 Å². The molecule has 3 fully saturated rings. The molecule has 3 saturated carbocycles. The number of Topliss-reactive ketones (excluding diaryl/α,β-unsaturated/α-hetero) is 1. The van der Waals surface area contributed by atoms with Crippen molar-refractivity contribution in [3.63, 3.8) is 0 Å². The fourth-order valence-electron chi connectivity index (χ4n) is 10.1. The van der Waals surface area contributed by atoms with E-state index < -0.39 is 5.41 Å². The number of rotatable bonds is 1. The first-order valence-corrected chi connectivity index (χ1v) is 14.5. The molecule has 0 amide bonds. The van der Waals surface area contributed by atoms with Crippen LogP contribution >= 0.6 is 0 Å². The predicted molar refractivity (Wildman–Crippen MR) is 143 cm³/mol. The molecule has 1 aromatic rings. The van der Waals surface area contributed by atoms with Crippen molar-refractivity contribution in [3.8, 4) is 6.07 Å². The lowest BCUT2D eigenvalue weighted by atomic mass is 9.35. The van der Waals surface area contributed by atoms with Gasteiger partial charge in [0.25, 0.3) is 0 Å². The van der Waals surface area contributed by atoms with Crippen LogP contribution in [0.4, 0.5) is 0 Å². The van der Waals surface area contributed by atoms with Gasteiger partial charge in [0.1, 0.15) is 6.07 Å². The monoisotopic (exact) mass is 515 g/mol. The van der Waals surface area contributed by atoms with Crippen molar-refractivity contribution in [2.75, 3.05) is 0 Å². The third-order valence-electron chi connectivity index (χ3n) is 12.5. The minimum Gasteiger partial charge on any atom is -0.425 e. The molecule has 0 aliphatic heterocycles. The van der Waals surface area contributed by atoms with Gasteiger partial charge in [0.05, 0.1) is 11.0 Å². The van der Waals surface area contributed by atoms with Gasteiger partial charge in [-0.25, -0.2) is 0 Å². The van der Waals surface area contributed by atoms with Gasteiger partial charge in [-0.3, -0.25) is 9.59 Å². The minimum absolute atomic E-state index is 0.0489. The van der Waals surface area contributed by atoms with Gasteiger partial charge < -0.3 is 4.42 Å². The average Bonchev–Trinajstić information content (AvgIpc) is 3.29. The number of carbonyl (C=O) groups excluding carboxylic acids is 2. The summed E-state index contributed by atoms with van der Waals surface area (Å²) < 4.78 is 6.14. The highest BCUT2D eigenvalue weighted by Crippen LogP contribution is 2.73. The van der Waals surface area contributed by atoms with Gasteiger partial charge >= 0.3 is 0 Å². The van der Waals surface area contributed by atoms with Gasteiger partial charge in [0, 0.05) is 24.2 Å². The first-order valence-electron chi connectivity index (χ1n) is 14.5. The maximum absolute atomic E-state index is 14.5. The third-order valence-corrected chi connectivity index (χ3v) is 12.5. The fourth-order valence-corrected chi connectivity index (χ4v) is 10.1. The van der Waals surface area contributed by atoms with Crippen molar-refractivity contribution in [2.24, 2.45) is 45.3 Å². The third kappa shape index (κ3) is 3.05. The molecule has 1 heterocycles. The Kier molecular flexibility index (Phi) is 5.26. The summed E-state index contributed by atoms with van der Waals surface area (Å²) in [6, 6.07) is 2.17. The smallest absolute Gasteiger partial charge is 0.222 e. The van der Waals surface area contributed by atoms with E-state index in [1.165, 1.54) is 0 Å². The molecule has 38 heavy (non-hydrogen) atoms. The molecule has 5 aliphatic rings. The molecule has 1 aromatic heterocycles. The lowest BCUT2D eigenvalue weighted by molar-refractivity contribution is -0.159. The zero-order chi connectivity index (χ0) is 27.5. The van der Waals surface area contributed by atoms with E-state index in [1.807, 2.05) is 26.0 Å². The maximum atomic E-state index is 14.5. The predicted octanol–water partition coefficient (Wildman–Crippen LogP) is 6.46. The zero-order valence-electron chi connectivity index (χ0n) is 24.0. The number of ketones is 2. The summed E-state index contributed by atoms with van der Waals surface area (Å²) in [4.78, 5) is 27.4. The molecule has 0 spiro atoms. The molecule has 0 radical (unpaired) electrons. The van der Waals surface area contributed by atoms with Crippen LogP contribution in [0.15, 0.2) is 27.7 Å². The molecule has 0 saturated heterocycles. The lowest BCUT2D eigenvalue weighted by Gasteiger charge is -2.68. The van der Waals surface area contributed by atoms with Crippen LogP contribution in [0.1, 0.15) is 98.3 Å². The molecular weight excluding hydrogens is 474 g/mol. The van der Waals surface area contributed by atoms with E-state index in [1.54, 1.807) is 0 Å². The van der Waals surface area contributed by atoms with E-state index in [2.05, 4.69) is 50.9 Å². The number of hydrogen-bond acceptors (Lipinski definition) is 6. The fraction of sp³-hybridized carbons (Fsp3) is 0.719. The highest BCUT2D eigenvalue weighted by Gasteiger charge is 2.70. The second-order valence-electron chi connectivity index (χ2n) is 14.7. The number of allylic oxidation sites excluding steroid dienone is 4. The van der Waals surface area contributed by atoms with Gasteiger partial charge in [-0.15, -0.1) is 10.2 Å². The van der Waals surface area contributed by atoms with Gasteiger partial charge in [-0.05, 0) is 79.1 Å². The molecule has 8 atom stereocenters. The second-order valence-corrected chi connectivity index (χ2v) is 14.7. The Morgan fingerprint density at radius 1 is 1.00 bits per heavy atom. The van der Waals surface area contributed by atoms with E-state index in [-0.39, 0.29) is 62.5 Å². The van der Waals surface area contributed by atoms with Crippen LogP contribution in [-0.2, 0) is 15.0 Å². The molecule has 6 rings (SSSR count). The van der Waals surface area contributed by atoms with Crippen LogP contribution in [0, 0.1) is 63.6 Å². The Morgan fingerprint density at radius 3 is 2.37 bits per heavy atom. The molecular formula is C32H41N3O3. The molecule has 0 bridgehead atoms. The molecule has 6 nitrogen and oxygen atoms in total. The molecule has 0 aromatic carbocycles. The number of hydrogen-bond donors (Lipinski definition) is 0. The number of aryl methyl sites for hydroxylation is 1. The maximum Gasteiger partial charge on any atom is 0.222 e. The Bertz CT molecular complexity index is 1350. The molecule has 202 valence electrons. The lowest BCUT2D eigenvalue weighted by Crippen LogP contribution is -2.65. The standard InChI is InChI=1S/C32H41N3O3/c1-18-21-8-9-30(6)24(29(21,5)15-20(17-33)26(18)37)14-23(36)25-22-16-28(3,4)10-12-32(22,13-11-31(25,30)7)27-35-34-19(2)38-27/h14-15,18,21-22,25H,8-13,16H2,1-7H3/t18-,21-,22-,25-,29-,30+,31+,32-/m0/s1. The number of aromatic nitrogens is 2. The summed E-state index contributed by atoms with van der Waals surface area (Å²) in [5.74, 6) is 1.37. The molecule has 5 aliphatic carbocycles. The van der Waals surface area contributed by atoms with Crippen LogP contribution in [-0.4, -0.2) is 21.8 Å². The van der Waals surface area contributed by atoms with Gasteiger partial charge in [0.2, 0.25) is 11.8 Å². The normalized spacial score (nSPS) is 45.5.